The topological polar surface area (TPSA) is 24.4 Å². The molecule has 1 aromatic carbocycles. The maximum Gasteiger partial charge on any atom is 0.128 e. The Morgan fingerprint density at radius 3 is 1.95 bits per heavy atom. The third-order valence-electron chi connectivity index (χ3n) is 3.57. The fraction of sp³-hybridized carbons (Fsp3) is 0.650. The van der Waals surface area contributed by atoms with Crippen LogP contribution < -0.4 is 5.32 Å². The molecule has 22 heavy (non-hydrogen) atoms. The van der Waals surface area contributed by atoms with Gasteiger partial charge in [0.2, 0.25) is 0 Å². The molecule has 0 spiro atoms. The number of aliphatic imine (C=N–C) groups is 1. The van der Waals surface area contributed by atoms with E-state index < -0.39 is 0 Å². The van der Waals surface area contributed by atoms with Crippen molar-refractivity contribution in [2.75, 3.05) is 0 Å². The van der Waals surface area contributed by atoms with E-state index in [-0.39, 0.29) is 5.41 Å². The molecule has 0 aliphatic carbocycles. The van der Waals surface area contributed by atoms with Gasteiger partial charge in [0.15, 0.2) is 0 Å². The second-order valence-electron chi connectivity index (χ2n) is 6.51. The number of amidine groups is 1. The predicted octanol–water partition coefficient (Wildman–Crippen LogP) is 5.59. The van der Waals surface area contributed by atoms with Crippen LogP contribution in [0.4, 0.5) is 0 Å². The molecule has 126 valence electrons. The lowest BCUT2D eigenvalue weighted by molar-refractivity contribution is 0.281. The van der Waals surface area contributed by atoms with E-state index in [4.69, 9.17) is 4.99 Å². The smallest absolute Gasteiger partial charge is 0.128 e. The number of aryl methyl sites for hydroxylation is 1. The first-order chi connectivity index (χ1) is 10.4. The molecule has 0 aromatic heterocycles. The molecule has 0 saturated carbocycles. The number of hydrogen-bond donors (Lipinski definition) is 1. The second-order valence-corrected chi connectivity index (χ2v) is 6.51. The summed E-state index contributed by atoms with van der Waals surface area (Å²) in [5.41, 5.74) is 2.71. The van der Waals surface area contributed by atoms with Crippen molar-refractivity contribution in [3.8, 4) is 0 Å². The summed E-state index contributed by atoms with van der Waals surface area (Å²) in [5, 5.41) is 3.50. The van der Waals surface area contributed by atoms with Gasteiger partial charge in [0.25, 0.3) is 0 Å². The Morgan fingerprint density at radius 1 is 1.00 bits per heavy atom. The van der Waals surface area contributed by atoms with Crippen LogP contribution in [-0.2, 0) is 0 Å². The zero-order valence-electron chi connectivity index (χ0n) is 16.1. The summed E-state index contributed by atoms with van der Waals surface area (Å²) in [4.78, 5) is 4.91. The standard InChI is InChI=1S/C16H24N2.2C2H6/c1-11-6-8-13(9-7-11)15-17-12(2)10-14(18-15)16(3,4)5;2*1-2/h6-9,12,14H,10H2,1-5H3,(H,17,18);2*1-2H3. The molecule has 1 aromatic rings. The van der Waals surface area contributed by atoms with Gasteiger partial charge in [0.1, 0.15) is 5.84 Å². The molecule has 2 nitrogen and oxygen atoms in total. The van der Waals surface area contributed by atoms with Gasteiger partial charge >= 0.3 is 0 Å². The molecular formula is C20H36N2. The third kappa shape index (κ3) is 6.21. The van der Waals surface area contributed by atoms with Crippen molar-refractivity contribution in [1.82, 2.24) is 5.32 Å². The van der Waals surface area contributed by atoms with Crippen LogP contribution in [0, 0.1) is 12.3 Å². The van der Waals surface area contributed by atoms with Gasteiger partial charge < -0.3 is 5.32 Å². The molecule has 2 atom stereocenters. The van der Waals surface area contributed by atoms with E-state index in [2.05, 4.69) is 64.2 Å². The summed E-state index contributed by atoms with van der Waals surface area (Å²) >= 11 is 0. The molecule has 2 unspecified atom stereocenters. The van der Waals surface area contributed by atoms with Crippen molar-refractivity contribution in [1.29, 1.82) is 0 Å². The summed E-state index contributed by atoms with van der Waals surface area (Å²) in [6.45, 7) is 19.2. The number of nitrogens with one attached hydrogen (secondary N) is 1. The van der Waals surface area contributed by atoms with E-state index in [1.807, 2.05) is 27.7 Å². The van der Waals surface area contributed by atoms with Gasteiger partial charge in [-0.3, -0.25) is 4.99 Å². The Kier molecular flexibility index (Phi) is 9.08. The molecule has 1 heterocycles. The fourth-order valence-electron chi connectivity index (χ4n) is 2.29. The van der Waals surface area contributed by atoms with E-state index in [0.717, 1.165) is 12.3 Å². The van der Waals surface area contributed by atoms with E-state index in [0.29, 0.717) is 12.1 Å². The molecule has 1 aliphatic heterocycles. The predicted molar refractivity (Wildman–Crippen MR) is 101 cm³/mol. The first-order valence-electron chi connectivity index (χ1n) is 8.77. The summed E-state index contributed by atoms with van der Waals surface area (Å²) in [6, 6.07) is 9.47. The molecule has 2 heteroatoms. The van der Waals surface area contributed by atoms with Crippen molar-refractivity contribution < 1.29 is 0 Å². The van der Waals surface area contributed by atoms with Gasteiger partial charge in [-0.1, -0.05) is 78.3 Å². The van der Waals surface area contributed by atoms with Crippen LogP contribution in [-0.4, -0.2) is 17.9 Å². The van der Waals surface area contributed by atoms with Crippen LogP contribution >= 0.6 is 0 Å². The second kappa shape index (κ2) is 9.66. The molecule has 0 radical (unpaired) electrons. The summed E-state index contributed by atoms with van der Waals surface area (Å²) in [5.74, 6) is 1.05. The van der Waals surface area contributed by atoms with Crippen molar-refractivity contribution in [3.05, 3.63) is 35.4 Å². The van der Waals surface area contributed by atoms with Crippen molar-refractivity contribution in [3.63, 3.8) is 0 Å². The average molecular weight is 305 g/mol. The molecule has 0 bridgehead atoms. The third-order valence-corrected chi connectivity index (χ3v) is 3.57. The molecule has 0 fully saturated rings. The lowest BCUT2D eigenvalue weighted by Gasteiger charge is -2.35. The van der Waals surface area contributed by atoms with E-state index in [1.54, 1.807) is 0 Å². The largest absolute Gasteiger partial charge is 0.367 e. The molecule has 0 saturated heterocycles. The van der Waals surface area contributed by atoms with E-state index in [1.165, 1.54) is 11.1 Å². The van der Waals surface area contributed by atoms with Crippen LogP contribution in [0.2, 0.25) is 0 Å². The van der Waals surface area contributed by atoms with Crippen molar-refractivity contribution >= 4 is 5.84 Å². The van der Waals surface area contributed by atoms with Crippen LogP contribution in [0.3, 0.4) is 0 Å². The maximum absolute atomic E-state index is 4.91. The van der Waals surface area contributed by atoms with Gasteiger partial charge in [-0.25, -0.2) is 0 Å². The Hall–Kier alpha value is -1.31. The minimum absolute atomic E-state index is 0.228. The SMILES string of the molecule is CC.CC.Cc1ccc(C2=NC(C(C)(C)C)CC(C)N2)cc1. The molecule has 2 rings (SSSR count). The van der Waals surface area contributed by atoms with Crippen LogP contribution in [0.1, 0.15) is 72.9 Å². The highest BCUT2D eigenvalue weighted by atomic mass is 15.1. The number of rotatable bonds is 1. The van der Waals surface area contributed by atoms with Crippen LogP contribution in [0.25, 0.3) is 0 Å². The lowest BCUT2D eigenvalue weighted by atomic mass is 9.82. The summed E-state index contributed by atoms with van der Waals surface area (Å²) in [7, 11) is 0. The Labute approximate surface area is 138 Å². The molecule has 0 amide bonds. The highest BCUT2D eigenvalue weighted by Gasteiger charge is 2.30. The average Bonchev–Trinajstić information content (AvgIpc) is 2.50. The van der Waals surface area contributed by atoms with Crippen molar-refractivity contribution in [2.45, 2.75) is 80.8 Å². The molecule has 1 N–H and O–H groups in total. The monoisotopic (exact) mass is 304 g/mol. The number of hydrogen-bond acceptors (Lipinski definition) is 2. The fourth-order valence-corrected chi connectivity index (χ4v) is 2.29. The van der Waals surface area contributed by atoms with Crippen LogP contribution in [0.5, 0.6) is 0 Å². The summed E-state index contributed by atoms with van der Waals surface area (Å²) < 4.78 is 0. The van der Waals surface area contributed by atoms with Crippen molar-refractivity contribution in [2.24, 2.45) is 10.4 Å². The minimum Gasteiger partial charge on any atom is -0.367 e. The Balaban J connectivity index is 0.00000102. The lowest BCUT2D eigenvalue weighted by Crippen LogP contribution is -2.44. The zero-order chi connectivity index (χ0) is 17.3. The minimum atomic E-state index is 0.228. The maximum atomic E-state index is 4.91. The molecule has 1 aliphatic rings. The van der Waals surface area contributed by atoms with Gasteiger partial charge in [-0.05, 0) is 25.7 Å². The number of benzene rings is 1. The molecular weight excluding hydrogens is 268 g/mol. The first-order valence-corrected chi connectivity index (χ1v) is 8.77. The van der Waals surface area contributed by atoms with E-state index in [9.17, 15) is 0 Å². The highest BCUT2D eigenvalue weighted by molar-refractivity contribution is 5.99. The normalized spacial score (nSPS) is 20.5. The van der Waals surface area contributed by atoms with Gasteiger partial charge in [-0.2, -0.15) is 0 Å². The van der Waals surface area contributed by atoms with E-state index >= 15 is 0 Å². The van der Waals surface area contributed by atoms with Crippen LogP contribution in [0.15, 0.2) is 29.3 Å². The summed E-state index contributed by atoms with van der Waals surface area (Å²) in [6.07, 6.45) is 1.11. The quantitative estimate of drug-likeness (QED) is 0.718. The highest BCUT2D eigenvalue weighted by Crippen LogP contribution is 2.28. The zero-order valence-corrected chi connectivity index (χ0v) is 16.1. The number of nitrogens with zero attached hydrogens (tertiary/aromatic N) is 1. The van der Waals surface area contributed by atoms with Gasteiger partial charge in [0.05, 0.1) is 6.04 Å². The first kappa shape index (κ1) is 20.7. The Morgan fingerprint density at radius 2 is 1.50 bits per heavy atom. The Bertz CT molecular complexity index is 438. The van der Waals surface area contributed by atoms with Gasteiger partial charge in [-0.15, -0.1) is 0 Å². The van der Waals surface area contributed by atoms with Gasteiger partial charge in [0, 0.05) is 11.6 Å².